The van der Waals surface area contributed by atoms with E-state index in [1.165, 1.54) is 18.2 Å². The van der Waals surface area contributed by atoms with Gasteiger partial charge in [-0.2, -0.15) is 13.2 Å². The fraction of sp³-hybridized carbons (Fsp3) is 0.364. The molecule has 0 aliphatic rings. The molecule has 0 aromatic heterocycles. The Balaban J connectivity index is 2.77. The van der Waals surface area contributed by atoms with Crippen molar-refractivity contribution in [2.75, 3.05) is 6.54 Å². The van der Waals surface area contributed by atoms with Crippen molar-refractivity contribution in [3.8, 4) is 0 Å². The zero-order chi connectivity index (χ0) is 16.3. The van der Waals surface area contributed by atoms with Crippen LogP contribution in [0, 0.1) is 0 Å². The van der Waals surface area contributed by atoms with Crippen LogP contribution in [0.1, 0.15) is 18.4 Å². The average Bonchev–Trinajstić information content (AvgIpc) is 2.33. The Bertz CT molecular complexity index is 633. The standard InChI is InChI=1S/C11H12ClF3N2O2S2/c12-8-6-7(10(16)20)2-3-9(8)21(18,19)17-5-1-4-11(13,14)15/h2-3,6,17H,1,4-5H2,(H2,16,20). The van der Waals surface area contributed by atoms with Gasteiger partial charge in [-0.3, -0.25) is 0 Å². The molecule has 0 bridgehead atoms. The number of benzene rings is 1. The van der Waals surface area contributed by atoms with E-state index in [1.807, 2.05) is 0 Å². The van der Waals surface area contributed by atoms with Gasteiger partial charge >= 0.3 is 6.18 Å². The molecule has 0 spiro atoms. The molecule has 0 aliphatic heterocycles. The summed E-state index contributed by atoms with van der Waals surface area (Å²) in [5.41, 5.74) is 5.78. The summed E-state index contributed by atoms with van der Waals surface area (Å²) in [6.45, 7) is -0.338. The van der Waals surface area contributed by atoms with E-state index < -0.39 is 22.6 Å². The van der Waals surface area contributed by atoms with E-state index in [2.05, 4.69) is 4.72 Å². The predicted octanol–water partition coefficient (Wildman–Crippen LogP) is 2.60. The summed E-state index contributed by atoms with van der Waals surface area (Å²) in [7, 11) is -3.98. The SMILES string of the molecule is NC(=S)c1ccc(S(=O)(=O)NCCCC(F)(F)F)c(Cl)c1. The van der Waals surface area contributed by atoms with Crippen LogP contribution in [0.4, 0.5) is 13.2 Å². The Hall–Kier alpha value is -0.900. The first-order valence-electron chi connectivity index (χ1n) is 5.69. The minimum absolute atomic E-state index is 0.0546. The predicted molar refractivity (Wildman–Crippen MR) is 77.8 cm³/mol. The third-order valence-corrected chi connectivity index (χ3v) is 4.61. The molecule has 21 heavy (non-hydrogen) atoms. The molecule has 3 N–H and O–H groups in total. The van der Waals surface area contributed by atoms with Crippen molar-refractivity contribution >= 4 is 38.8 Å². The third kappa shape index (κ3) is 5.77. The number of rotatable bonds is 6. The van der Waals surface area contributed by atoms with Gasteiger partial charge in [0.05, 0.1) is 5.02 Å². The first kappa shape index (κ1) is 18.1. The highest BCUT2D eigenvalue weighted by Crippen LogP contribution is 2.23. The van der Waals surface area contributed by atoms with Crippen LogP contribution in [-0.4, -0.2) is 26.1 Å². The Morgan fingerprint density at radius 1 is 1.38 bits per heavy atom. The van der Waals surface area contributed by atoms with Gasteiger partial charge in [0, 0.05) is 18.5 Å². The maximum Gasteiger partial charge on any atom is 0.389 e. The molecule has 1 aromatic rings. The molecular weight excluding hydrogens is 349 g/mol. The van der Waals surface area contributed by atoms with Gasteiger partial charge in [-0.05, 0) is 18.6 Å². The van der Waals surface area contributed by atoms with Crippen LogP contribution in [0.25, 0.3) is 0 Å². The Morgan fingerprint density at radius 2 is 2.00 bits per heavy atom. The van der Waals surface area contributed by atoms with Crippen LogP contribution < -0.4 is 10.5 Å². The molecule has 1 rings (SSSR count). The summed E-state index contributed by atoms with van der Waals surface area (Å²) >= 11 is 10.6. The van der Waals surface area contributed by atoms with Crippen molar-refractivity contribution in [1.29, 1.82) is 0 Å². The number of hydrogen-bond acceptors (Lipinski definition) is 3. The van der Waals surface area contributed by atoms with E-state index in [0.29, 0.717) is 5.56 Å². The highest BCUT2D eigenvalue weighted by Gasteiger charge is 2.26. The summed E-state index contributed by atoms with van der Waals surface area (Å²) in [6.07, 6.45) is -5.74. The van der Waals surface area contributed by atoms with E-state index >= 15 is 0 Å². The lowest BCUT2D eigenvalue weighted by molar-refractivity contribution is -0.135. The second-order valence-electron chi connectivity index (χ2n) is 4.13. The van der Waals surface area contributed by atoms with Gasteiger partial charge in [0.1, 0.15) is 9.88 Å². The topological polar surface area (TPSA) is 72.2 Å². The number of halogens is 4. The van der Waals surface area contributed by atoms with Crippen molar-refractivity contribution in [3.05, 3.63) is 28.8 Å². The lowest BCUT2D eigenvalue weighted by Gasteiger charge is -2.10. The molecule has 0 unspecified atom stereocenters. The summed E-state index contributed by atoms with van der Waals surface area (Å²) in [5, 5.41) is -0.108. The average molecular weight is 361 g/mol. The molecule has 118 valence electrons. The highest BCUT2D eigenvalue weighted by atomic mass is 35.5. The Labute approximate surface area is 130 Å². The van der Waals surface area contributed by atoms with Crippen LogP contribution in [-0.2, 0) is 10.0 Å². The van der Waals surface area contributed by atoms with Gasteiger partial charge in [-0.25, -0.2) is 13.1 Å². The van der Waals surface area contributed by atoms with Gasteiger partial charge in [0.25, 0.3) is 0 Å². The normalized spacial score (nSPS) is 12.4. The van der Waals surface area contributed by atoms with E-state index in [0.717, 1.165) is 0 Å². The fourth-order valence-corrected chi connectivity index (χ4v) is 3.19. The molecule has 0 saturated carbocycles. The van der Waals surface area contributed by atoms with E-state index in [4.69, 9.17) is 29.6 Å². The third-order valence-electron chi connectivity index (χ3n) is 2.44. The van der Waals surface area contributed by atoms with Crippen molar-refractivity contribution in [2.45, 2.75) is 23.9 Å². The number of hydrogen-bond donors (Lipinski definition) is 2. The van der Waals surface area contributed by atoms with E-state index in [1.54, 1.807) is 0 Å². The maximum atomic E-state index is 12.0. The summed E-state index contributed by atoms with van der Waals surface area (Å²) < 4.78 is 61.8. The summed E-state index contributed by atoms with van der Waals surface area (Å²) in [4.78, 5) is -0.185. The van der Waals surface area contributed by atoms with E-state index in [9.17, 15) is 21.6 Å². The van der Waals surface area contributed by atoms with Crippen molar-refractivity contribution in [3.63, 3.8) is 0 Å². The first-order chi connectivity index (χ1) is 9.53. The molecule has 0 saturated heterocycles. The smallest absolute Gasteiger partial charge is 0.389 e. The number of alkyl halides is 3. The number of thiocarbonyl (C=S) groups is 1. The van der Waals surface area contributed by atoms with Crippen LogP contribution in [0.5, 0.6) is 0 Å². The van der Waals surface area contributed by atoms with Crippen LogP contribution in [0.15, 0.2) is 23.1 Å². The molecule has 4 nitrogen and oxygen atoms in total. The summed E-state index contributed by atoms with van der Waals surface area (Å²) in [6, 6.07) is 3.86. The second-order valence-corrected chi connectivity index (χ2v) is 6.71. The van der Waals surface area contributed by atoms with Gasteiger partial charge in [-0.15, -0.1) is 0 Å². The molecule has 0 fully saturated rings. The number of nitrogens with one attached hydrogen (secondary N) is 1. The Morgan fingerprint density at radius 3 is 2.48 bits per heavy atom. The molecule has 0 atom stereocenters. The number of sulfonamides is 1. The van der Waals surface area contributed by atoms with Gasteiger partial charge in [-0.1, -0.05) is 29.9 Å². The molecule has 0 radical (unpaired) electrons. The van der Waals surface area contributed by atoms with Gasteiger partial charge in [0.2, 0.25) is 10.0 Å². The number of nitrogens with two attached hydrogens (primary N) is 1. The second kappa shape index (κ2) is 6.91. The molecule has 0 heterocycles. The lowest BCUT2D eigenvalue weighted by Crippen LogP contribution is -2.26. The zero-order valence-electron chi connectivity index (χ0n) is 10.6. The van der Waals surface area contributed by atoms with Gasteiger partial charge < -0.3 is 5.73 Å². The monoisotopic (exact) mass is 360 g/mol. The fourth-order valence-electron chi connectivity index (χ4n) is 1.45. The Kier molecular flexibility index (Phi) is 5.97. The maximum absolute atomic E-state index is 12.0. The van der Waals surface area contributed by atoms with E-state index in [-0.39, 0.29) is 27.9 Å². The molecule has 1 aromatic carbocycles. The van der Waals surface area contributed by atoms with Gasteiger partial charge in [0.15, 0.2) is 0 Å². The van der Waals surface area contributed by atoms with Crippen LogP contribution in [0.2, 0.25) is 5.02 Å². The van der Waals surface area contributed by atoms with Crippen molar-refractivity contribution in [2.24, 2.45) is 5.73 Å². The van der Waals surface area contributed by atoms with Crippen LogP contribution >= 0.6 is 23.8 Å². The largest absolute Gasteiger partial charge is 0.389 e. The molecule has 10 heteroatoms. The molecule has 0 aliphatic carbocycles. The van der Waals surface area contributed by atoms with Crippen molar-refractivity contribution < 1.29 is 21.6 Å². The summed E-state index contributed by atoms with van der Waals surface area (Å²) in [5.74, 6) is 0. The molecule has 0 amide bonds. The highest BCUT2D eigenvalue weighted by molar-refractivity contribution is 7.89. The van der Waals surface area contributed by atoms with Crippen LogP contribution in [0.3, 0.4) is 0 Å². The minimum atomic E-state index is -4.32. The molecular formula is C11H12ClF3N2O2S2. The first-order valence-corrected chi connectivity index (χ1v) is 7.95. The van der Waals surface area contributed by atoms with Crippen molar-refractivity contribution in [1.82, 2.24) is 4.72 Å². The minimum Gasteiger partial charge on any atom is -0.389 e. The lowest BCUT2D eigenvalue weighted by atomic mass is 10.2. The quantitative estimate of drug-likeness (QED) is 0.604. The zero-order valence-corrected chi connectivity index (χ0v) is 13.0.